The summed E-state index contributed by atoms with van der Waals surface area (Å²) >= 11 is 0. The van der Waals surface area contributed by atoms with Gasteiger partial charge in [0.1, 0.15) is 5.84 Å². The fourth-order valence-electron chi connectivity index (χ4n) is 3.11. The number of nitrogens with two attached hydrogens (primary N) is 1. The van der Waals surface area contributed by atoms with Crippen molar-refractivity contribution in [3.63, 3.8) is 0 Å². The van der Waals surface area contributed by atoms with Gasteiger partial charge in [0.15, 0.2) is 0 Å². The van der Waals surface area contributed by atoms with E-state index in [1.54, 1.807) is 0 Å². The third kappa shape index (κ3) is 2.36. The van der Waals surface area contributed by atoms with Crippen molar-refractivity contribution in [3.05, 3.63) is 42.0 Å². The van der Waals surface area contributed by atoms with Gasteiger partial charge in [-0.1, -0.05) is 37.1 Å². The van der Waals surface area contributed by atoms with Crippen LogP contribution in [0.25, 0.3) is 10.8 Å². The number of nitrogen functional groups attached to an aromatic ring is 1. The van der Waals surface area contributed by atoms with Crippen LogP contribution in [-0.2, 0) is 0 Å². The Morgan fingerprint density at radius 1 is 0.900 bits per heavy atom. The Labute approximate surface area is 119 Å². The van der Waals surface area contributed by atoms with Crippen LogP contribution in [0.1, 0.15) is 31.2 Å². The van der Waals surface area contributed by atoms with Crippen molar-refractivity contribution >= 4 is 22.3 Å². The second-order valence-electron chi connectivity index (χ2n) is 5.49. The second kappa shape index (κ2) is 5.53. The minimum atomic E-state index is 0.142. The summed E-state index contributed by atoms with van der Waals surface area (Å²) in [5.41, 5.74) is 7.82. The van der Waals surface area contributed by atoms with Crippen molar-refractivity contribution in [2.24, 2.45) is 5.73 Å². The number of anilines is 1. The first kappa shape index (κ1) is 13.0. The summed E-state index contributed by atoms with van der Waals surface area (Å²) in [4.78, 5) is 2.49. The Morgan fingerprint density at radius 2 is 1.55 bits per heavy atom. The molecule has 3 N–H and O–H groups in total. The third-order valence-electron chi connectivity index (χ3n) is 4.14. The lowest BCUT2D eigenvalue weighted by atomic mass is 10.0. The molecule has 1 fully saturated rings. The van der Waals surface area contributed by atoms with E-state index in [0.717, 1.165) is 24.0 Å². The van der Waals surface area contributed by atoms with Crippen LogP contribution in [0.5, 0.6) is 0 Å². The molecule has 0 aromatic heterocycles. The lowest BCUT2D eigenvalue weighted by Gasteiger charge is -2.25. The van der Waals surface area contributed by atoms with Gasteiger partial charge in [-0.25, -0.2) is 0 Å². The molecule has 0 atom stereocenters. The van der Waals surface area contributed by atoms with E-state index in [0.29, 0.717) is 0 Å². The lowest BCUT2D eigenvalue weighted by molar-refractivity contribution is 0.726. The summed E-state index contributed by atoms with van der Waals surface area (Å²) in [5, 5.41) is 10.0. The van der Waals surface area contributed by atoms with Gasteiger partial charge in [0.25, 0.3) is 0 Å². The molecule has 3 nitrogen and oxygen atoms in total. The van der Waals surface area contributed by atoms with E-state index in [1.165, 1.54) is 36.8 Å². The van der Waals surface area contributed by atoms with Crippen LogP contribution in [0.2, 0.25) is 0 Å². The first-order valence-corrected chi connectivity index (χ1v) is 7.38. The molecule has 1 aliphatic heterocycles. The Morgan fingerprint density at radius 3 is 2.20 bits per heavy atom. The summed E-state index contributed by atoms with van der Waals surface area (Å²) < 4.78 is 0. The smallest absolute Gasteiger partial charge is 0.123 e. The topological polar surface area (TPSA) is 53.1 Å². The summed E-state index contributed by atoms with van der Waals surface area (Å²) in [6, 6.07) is 12.4. The average Bonchev–Trinajstić information content (AvgIpc) is 2.75. The van der Waals surface area contributed by atoms with Crippen molar-refractivity contribution < 1.29 is 0 Å². The number of nitrogens with zero attached hydrogens (tertiary/aromatic N) is 1. The highest BCUT2D eigenvalue weighted by molar-refractivity contribution is 6.10. The zero-order valence-corrected chi connectivity index (χ0v) is 11.7. The number of amidine groups is 1. The van der Waals surface area contributed by atoms with Crippen LogP contribution < -0.4 is 10.6 Å². The molecule has 20 heavy (non-hydrogen) atoms. The maximum absolute atomic E-state index is 7.73. The highest BCUT2D eigenvalue weighted by atomic mass is 15.1. The van der Waals surface area contributed by atoms with Gasteiger partial charge >= 0.3 is 0 Å². The Hall–Kier alpha value is -2.03. The zero-order chi connectivity index (χ0) is 13.9. The van der Waals surface area contributed by atoms with Gasteiger partial charge in [-0.15, -0.1) is 0 Å². The van der Waals surface area contributed by atoms with Gasteiger partial charge in [-0.05, 0) is 30.4 Å². The fraction of sp³-hybridized carbons (Fsp3) is 0.353. The lowest BCUT2D eigenvalue weighted by Crippen LogP contribution is -2.24. The molecule has 1 saturated heterocycles. The summed E-state index contributed by atoms with van der Waals surface area (Å²) in [5.74, 6) is 0.142. The van der Waals surface area contributed by atoms with Crippen molar-refractivity contribution in [1.29, 1.82) is 5.41 Å². The molecule has 1 aliphatic rings. The molecule has 0 unspecified atom stereocenters. The summed E-state index contributed by atoms with van der Waals surface area (Å²) in [7, 11) is 0. The second-order valence-corrected chi connectivity index (χ2v) is 5.49. The fourth-order valence-corrected chi connectivity index (χ4v) is 3.11. The highest BCUT2D eigenvalue weighted by Crippen LogP contribution is 2.30. The van der Waals surface area contributed by atoms with Crippen LogP contribution in [0.3, 0.4) is 0 Å². The maximum Gasteiger partial charge on any atom is 0.123 e. The number of fused-ring (bicyclic) bond motifs is 1. The van der Waals surface area contributed by atoms with E-state index in [-0.39, 0.29) is 5.84 Å². The molecular weight excluding hydrogens is 246 g/mol. The maximum atomic E-state index is 7.73. The van der Waals surface area contributed by atoms with E-state index in [9.17, 15) is 0 Å². The molecule has 0 bridgehead atoms. The van der Waals surface area contributed by atoms with E-state index < -0.39 is 0 Å². The van der Waals surface area contributed by atoms with Crippen LogP contribution in [-0.4, -0.2) is 18.9 Å². The SMILES string of the molecule is N=C(N)c1ccc(N2CCCCCC2)c2ccccc12. The number of hydrogen-bond acceptors (Lipinski definition) is 2. The van der Waals surface area contributed by atoms with Crippen LogP contribution in [0.4, 0.5) is 5.69 Å². The Kier molecular flexibility index (Phi) is 3.59. The number of hydrogen-bond donors (Lipinski definition) is 2. The molecule has 2 aromatic carbocycles. The third-order valence-corrected chi connectivity index (χ3v) is 4.14. The largest absolute Gasteiger partial charge is 0.384 e. The van der Waals surface area contributed by atoms with E-state index in [4.69, 9.17) is 11.1 Å². The first-order chi connectivity index (χ1) is 9.77. The van der Waals surface area contributed by atoms with Gasteiger partial charge in [-0.3, -0.25) is 5.41 Å². The van der Waals surface area contributed by atoms with Crippen molar-refractivity contribution in [3.8, 4) is 0 Å². The van der Waals surface area contributed by atoms with Gasteiger partial charge in [0.05, 0.1) is 0 Å². The van der Waals surface area contributed by atoms with Crippen LogP contribution in [0, 0.1) is 5.41 Å². The standard InChI is InChI=1S/C17H21N3/c18-17(19)15-9-10-16(14-8-4-3-7-13(14)15)20-11-5-1-2-6-12-20/h3-4,7-10H,1-2,5-6,11-12H2,(H3,18,19). The monoisotopic (exact) mass is 267 g/mol. The zero-order valence-electron chi connectivity index (χ0n) is 11.7. The molecule has 0 aliphatic carbocycles. The van der Waals surface area contributed by atoms with E-state index in [2.05, 4.69) is 29.2 Å². The Bertz CT molecular complexity index is 625. The molecule has 2 aromatic rings. The minimum absolute atomic E-state index is 0.142. The summed E-state index contributed by atoms with van der Waals surface area (Å²) in [6.45, 7) is 2.26. The first-order valence-electron chi connectivity index (χ1n) is 7.38. The molecule has 0 spiro atoms. The number of nitrogens with one attached hydrogen (secondary N) is 1. The van der Waals surface area contributed by atoms with Crippen molar-refractivity contribution in [2.75, 3.05) is 18.0 Å². The van der Waals surface area contributed by atoms with Gasteiger partial charge < -0.3 is 10.6 Å². The van der Waals surface area contributed by atoms with Crippen molar-refractivity contribution in [2.45, 2.75) is 25.7 Å². The molecule has 104 valence electrons. The van der Waals surface area contributed by atoms with Gasteiger partial charge in [0, 0.05) is 29.7 Å². The molecular formula is C17H21N3. The number of benzene rings is 2. The van der Waals surface area contributed by atoms with E-state index >= 15 is 0 Å². The number of rotatable bonds is 2. The molecule has 3 rings (SSSR count). The molecule has 1 heterocycles. The average molecular weight is 267 g/mol. The van der Waals surface area contributed by atoms with Crippen LogP contribution in [0.15, 0.2) is 36.4 Å². The van der Waals surface area contributed by atoms with E-state index in [1.807, 2.05) is 12.1 Å². The molecule has 0 amide bonds. The minimum Gasteiger partial charge on any atom is -0.384 e. The Balaban J connectivity index is 2.12. The predicted octanol–water partition coefficient (Wildman–Crippen LogP) is 3.50. The van der Waals surface area contributed by atoms with Crippen LogP contribution >= 0.6 is 0 Å². The molecule has 3 heteroatoms. The highest BCUT2D eigenvalue weighted by Gasteiger charge is 2.14. The van der Waals surface area contributed by atoms with Gasteiger partial charge in [-0.2, -0.15) is 0 Å². The molecule has 0 radical (unpaired) electrons. The quantitative estimate of drug-likeness (QED) is 0.646. The molecule has 0 saturated carbocycles. The summed E-state index contributed by atoms with van der Waals surface area (Å²) in [6.07, 6.45) is 5.20. The normalized spacial score (nSPS) is 16.1. The van der Waals surface area contributed by atoms with Crippen molar-refractivity contribution in [1.82, 2.24) is 0 Å². The van der Waals surface area contributed by atoms with Gasteiger partial charge in [0.2, 0.25) is 0 Å². The predicted molar refractivity (Wildman–Crippen MR) is 85.6 cm³/mol.